The van der Waals surface area contributed by atoms with Gasteiger partial charge in [0.25, 0.3) is 0 Å². The minimum absolute atomic E-state index is 0.153. The Kier molecular flexibility index (Phi) is 5.70. The summed E-state index contributed by atoms with van der Waals surface area (Å²) < 4.78 is 11.9. The molecular formula is C26H29N3O3S. The third-order valence-corrected chi connectivity index (χ3v) is 7.93. The van der Waals surface area contributed by atoms with Crippen molar-refractivity contribution < 1.29 is 14.6 Å². The first-order valence-corrected chi connectivity index (χ1v) is 12.2. The highest BCUT2D eigenvalue weighted by Gasteiger charge is 2.37. The molecule has 0 bridgehead atoms. The van der Waals surface area contributed by atoms with Crippen LogP contribution in [0.2, 0.25) is 0 Å². The molecule has 6 nitrogen and oxygen atoms in total. The number of rotatable bonds is 5. The average molecular weight is 464 g/mol. The molecule has 0 saturated heterocycles. The molecular weight excluding hydrogens is 434 g/mol. The first-order chi connectivity index (χ1) is 15.9. The van der Waals surface area contributed by atoms with Crippen molar-refractivity contribution in [1.82, 2.24) is 15.0 Å². The Morgan fingerprint density at radius 2 is 1.79 bits per heavy atom. The molecule has 172 valence electrons. The number of aliphatic hydroxyl groups excluding tert-OH is 1. The number of nitrogens with zero attached hydrogens (tertiary/aromatic N) is 3. The molecule has 1 N–H and O–H groups in total. The summed E-state index contributed by atoms with van der Waals surface area (Å²) in [6.07, 6.45) is 6.62. The molecule has 2 heterocycles. The van der Waals surface area contributed by atoms with E-state index in [0.717, 1.165) is 74.4 Å². The summed E-state index contributed by atoms with van der Waals surface area (Å²) in [4.78, 5) is 14.2. The van der Waals surface area contributed by atoms with Crippen molar-refractivity contribution in [2.45, 2.75) is 52.1 Å². The van der Waals surface area contributed by atoms with E-state index in [1.807, 2.05) is 25.1 Å². The van der Waals surface area contributed by atoms with E-state index in [0.29, 0.717) is 5.88 Å². The molecule has 0 aliphatic heterocycles. The van der Waals surface area contributed by atoms with Crippen molar-refractivity contribution >= 4 is 32.6 Å². The van der Waals surface area contributed by atoms with Crippen LogP contribution in [-0.4, -0.2) is 34.3 Å². The third-order valence-electron chi connectivity index (χ3n) is 6.89. The van der Waals surface area contributed by atoms with Crippen LogP contribution in [0.4, 0.5) is 0 Å². The Labute approximate surface area is 197 Å². The van der Waals surface area contributed by atoms with E-state index in [1.165, 1.54) is 6.42 Å². The zero-order valence-corrected chi connectivity index (χ0v) is 20.3. The lowest BCUT2D eigenvalue weighted by Crippen LogP contribution is -2.28. The molecule has 1 atom stereocenters. The summed E-state index contributed by atoms with van der Waals surface area (Å²) in [6, 6.07) is 8.05. The van der Waals surface area contributed by atoms with E-state index >= 15 is 0 Å². The summed E-state index contributed by atoms with van der Waals surface area (Å²) in [5.74, 6) is 1.23. The van der Waals surface area contributed by atoms with Crippen LogP contribution in [0, 0.1) is 12.3 Å². The van der Waals surface area contributed by atoms with E-state index in [2.05, 4.69) is 23.0 Å². The Bertz CT molecular complexity index is 1330. The van der Waals surface area contributed by atoms with Crippen molar-refractivity contribution in [1.29, 1.82) is 0 Å². The number of hydrogen-bond acceptors (Lipinski definition) is 7. The summed E-state index contributed by atoms with van der Waals surface area (Å²) in [7, 11) is 3.26. The summed E-state index contributed by atoms with van der Waals surface area (Å²) in [5, 5.41) is 12.4. The largest absolute Gasteiger partial charge is 0.497 e. The standard InChI is InChI=1S/C26H29N3O3S/c1-15-10-18(22-19(11-15)28-21(32-4)14-27-22)25-29-23-17(12-16(31-3)13-20(23)33-25)24(30)26(2)8-6-5-7-9-26/h10-14,24,30H,5-9H2,1-4H3. The minimum Gasteiger partial charge on any atom is -0.497 e. The topological polar surface area (TPSA) is 77.4 Å². The lowest BCUT2D eigenvalue weighted by molar-refractivity contribution is 0.00898. The van der Waals surface area contributed by atoms with Gasteiger partial charge in [0.05, 0.1) is 47.8 Å². The maximum Gasteiger partial charge on any atom is 0.232 e. The normalized spacial score (nSPS) is 16.8. The van der Waals surface area contributed by atoms with Gasteiger partial charge in [0, 0.05) is 11.1 Å². The SMILES string of the molecule is COc1cc(C(O)C2(C)CCCCC2)c2nc(-c3cc(C)cc4nc(OC)cnc34)sc2c1. The molecule has 1 aliphatic carbocycles. The molecule has 1 saturated carbocycles. The second-order valence-corrected chi connectivity index (χ2v) is 10.3. The lowest BCUT2D eigenvalue weighted by atomic mass is 9.70. The van der Waals surface area contributed by atoms with Gasteiger partial charge in [-0.25, -0.2) is 15.0 Å². The Hall–Kier alpha value is -2.77. The second-order valence-electron chi connectivity index (χ2n) is 9.29. The van der Waals surface area contributed by atoms with Crippen LogP contribution in [0.1, 0.15) is 56.3 Å². The number of aromatic nitrogens is 3. The molecule has 0 spiro atoms. The maximum atomic E-state index is 11.5. The highest BCUT2D eigenvalue weighted by atomic mass is 32.1. The molecule has 33 heavy (non-hydrogen) atoms. The van der Waals surface area contributed by atoms with Gasteiger partial charge in [-0.2, -0.15) is 0 Å². The van der Waals surface area contributed by atoms with Gasteiger partial charge in [0.15, 0.2) is 0 Å². The summed E-state index contributed by atoms with van der Waals surface area (Å²) >= 11 is 1.59. The quantitative estimate of drug-likeness (QED) is 0.378. The molecule has 1 aliphatic rings. The smallest absolute Gasteiger partial charge is 0.232 e. The first kappa shape index (κ1) is 22.0. The van der Waals surface area contributed by atoms with Crippen molar-refractivity contribution in [2.75, 3.05) is 14.2 Å². The van der Waals surface area contributed by atoms with Crippen molar-refractivity contribution in [3.63, 3.8) is 0 Å². The van der Waals surface area contributed by atoms with Crippen LogP contribution < -0.4 is 9.47 Å². The number of ether oxygens (including phenoxy) is 2. The van der Waals surface area contributed by atoms with Crippen LogP contribution >= 0.6 is 11.3 Å². The molecule has 2 aromatic carbocycles. The van der Waals surface area contributed by atoms with Crippen LogP contribution in [0.3, 0.4) is 0 Å². The van der Waals surface area contributed by atoms with Gasteiger partial charge in [0.2, 0.25) is 5.88 Å². The third kappa shape index (κ3) is 3.93. The Balaban J connectivity index is 1.68. The monoisotopic (exact) mass is 463 g/mol. The number of thiazole rings is 1. The van der Waals surface area contributed by atoms with Gasteiger partial charge in [-0.1, -0.05) is 26.2 Å². The number of fused-ring (bicyclic) bond motifs is 2. The fraction of sp³-hybridized carbons (Fsp3) is 0.423. The van der Waals surface area contributed by atoms with E-state index in [1.54, 1.807) is 31.8 Å². The van der Waals surface area contributed by atoms with E-state index in [9.17, 15) is 5.11 Å². The number of benzene rings is 2. The van der Waals surface area contributed by atoms with Crippen LogP contribution in [-0.2, 0) is 0 Å². The van der Waals surface area contributed by atoms with Gasteiger partial charge in [-0.05, 0) is 55.0 Å². The van der Waals surface area contributed by atoms with Gasteiger partial charge in [-0.15, -0.1) is 11.3 Å². The summed E-state index contributed by atoms with van der Waals surface area (Å²) in [6.45, 7) is 4.24. The number of methoxy groups -OCH3 is 2. The molecule has 4 aromatic rings. The molecule has 7 heteroatoms. The van der Waals surface area contributed by atoms with E-state index < -0.39 is 6.10 Å². The fourth-order valence-electron chi connectivity index (χ4n) is 4.99. The molecule has 2 aromatic heterocycles. The Morgan fingerprint density at radius 3 is 2.52 bits per heavy atom. The van der Waals surface area contributed by atoms with Gasteiger partial charge in [-0.3, -0.25) is 0 Å². The molecule has 1 unspecified atom stereocenters. The van der Waals surface area contributed by atoms with Gasteiger partial charge in [0.1, 0.15) is 10.8 Å². The first-order valence-electron chi connectivity index (χ1n) is 11.4. The zero-order valence-electron chi connectivity index (χ0n) is 19.5. The fourth-order valence-corrected chi connectivity index (χ4v) is 6.03. The molecule has 1 fully saturated rings. The average Bonchev–Trinajstić information content (AvgIpc) is 3.26. The lowest BCUT2D eigenvalue weighted by Gasteiger charge is -2.38. The Morgan fingerprint density at radius 1 is 1.00 bits per heavy atom. The predicted octanol–water partition coefficient (Wildman–Crippen LogP) is 6.24. The van der Waals surface area contributed by atoms with Crippen molar-refractivity contribution in [2.24, 2.45) is 5.41 Å². The van der Waals surface area contributed by atoms with Crippen LogP contribution in [0.5, 0.6) is 11.6 Å². The van der Waals surface area contributed by atoms with Crippen molar-refractivity contribution in [3.05, 3.63) is 41.6 Å². The van der Waals surface area contributed by atoms with Crippen LogP contribution in [0.25, 0.3) is 31.8 Å². The molecule has 0 amide bonds. The minimum atomic E-state index is -0.594. The second kappa shape index (κ2) is 8.54. The van der Waals surface area contributed by atoms with Crippen LogP contribution in [0.15, 0.2) is 30.5 Å². The highest BCUT2D eigenvalue weighted by Crippen LogP contribution is 2.48. The highest BCUT2D eigenvalue weighted by molar-refractivity contribution is 7.21. The van der Waals surface area contributed by atoms with Gasteiger partial charge < -0.3 is 14.6 Å². The van der Waals surface area contributed by atoms with E-state index in [4.69, 9.17) is 14.5 Å². The summed E-state index contributed by atoms with van der Waals surface area (Å²) in [5.41, 5.74) is 5.10. The zero-order chi connectivity index (χ0) is 23.2. The number of aryl methyl sites for hydroxylation is 1. The predicted molar refractivity (Wildman–Crippen MR) is 132 cm³/mol. The van der Waals surface area contributed by atoms with E-state index in [-0.39, 0.29) is 5.41 Å². The number of aliphatic hydroxyl groups is 1. The molecule has 0 radical (unpaired) electrons. The maximum absolute atomic E-state index is 11.5. The number of hydrogen-bond donors (Lipinski definition) is 1. The van der Waals surface area contributed by atoms with Gasteiger partial charge >= 0.3 is 0 Å². The van der Waals surface area contributed by atoms with Crippen molar-refractivity contribution in [3.8, 4) is 22.2 Å². The molecule has 5 rings (SSSR count).